The quantitative estimate of drug-likeness (QED) is 0.0127. The second kappa shape index (κ2) is 90.6. The highest BCUT2D eigenvalue weighted by Gasteiger charge is 2.28. The molecule has 3 aromatic rings. The average Bonchev–Trinajstić information content (AvgIpc) is 0.911. The number of nitrogens with zero attached hydrogens (tertiary/aromatic N) is 4. The Bertz CT molecular complexity index is 2240. The Balaban J connectivity index is -0.000000174. The lowest BCUT2D eigenvalue weighted by Crippen LogP contribution is -2.50. The minimum atomic E-state index is -1.26. The molecule has 638 valence electrons. The maximum atomic E-state index is 11.6. The van der Waals surface area contributed by atoms with E-state index in [1.54, 1.807) is 31.2 Å². The van der Waals surface area contributed by atoms with E-state index in [0.29, 0.717) is 63.3 Å². The summed E-state index contributed by atoms with van der Waals surface area (Å²) in [4.78, 5) is 43.2. The van der Waals surface area contributed by atoms with Crippen molar-refractivity contribution in [1.82, 2.24) is 30.7 Å². The van der Waals surface area contributed by atoms with Crippen LogP contribution in [0, 0.1) is 0 Å². The molecular weight excluding hydrogens is 1380 g/mol. The van der Waals surface area contributed by atoms with E-state index in [2.05, 4.69) is 147 Å². The molecule has 0 aliphatic carbocycles. The van der Waals surface area contributed by atoms with Crippen LogP contribution in [0.2, 0.25) is 0 Å². The predicted octanol–water partition coefficient (Wildman–Crippen LogP) is 2.67. The van der Waals surface area contributed by atoms with Gasteiger partial charge in [0.15, 0.2) is 5.96 Å². The minimum Gasteiger partial charge on any atom is -0.461 e. The van der Waals surface area contributed by atoms with E-state index in [1.165, 1.54) is 70.3 Å². The molecule has 0 unspecified atom stereocenters. The Kier molecular flexibility index (Phi) is 99.3. The number of esters is 1. The molecular formula is C79H163N15O14. The fourth-order valence-electron chi connectivity index (χ4n) is 7.90. The van der Waals surface area contributed by atoms with Gasteiger partial charge in [0, 0.05) is 45.0 Å². The molecule has 108 heavy (non-hydrogen) atoms. The zero-order chi connectivity index (χ0) is 84.2. The molecule has 6 atom stereocenters. The molecule has 0 fully saturated rings. The highest BCUT2D eigenvalue weighted by Crippen LogP contribution is 2.12. The molecule has 0 heterocycles. The Morgan fingerprint density at radius 3 is 1.33 bits per heavy atom. The normalized spacial score (nSPS) is 12.0. The average molecular weight is 1550 g/mol. The molecule has 0 aromatic heterocycles. The van der Waals surface area contributed by atoms with Gasteiger partial charge in [-0.15, -0.1) is 0 Å². The SMILES string of the molecule is CC(=O)[C@@H](N)CCCCN.CC(=O)[C@@H](N)CCCN=C(N)N.CCCN.CCCN(CC)CC.CCC[C@H](O)[C@@H](O)[C@H](O)[C@H](O)CC.CCN(CC)CCOC(=O)c1ccc(N)cc1.CCNCC.CN(C)CCO.NC(CO)(CO)CO.OCCNCCO.c1ccc(CCCCNCc2ccccc2)cc1. The number of hydrogen-bond acceptors (Lipinski definition) is 27. The van der Waals surface area contributed by atoms with Crippen LogP contribution in [-0.4, -0.2) is 290 Å². The van der Waals surface area contributed by atoms with Crippen LogP contribution in [0.1, 0.15) is 182 Å². The first kappa shape index (κ1) is 118. The molecule has 0 spiro atoms. The number of ketones is 2. The fraction of sp³-hybridized carbons (Fsp3) is 0.722. The lowest BCUT2D eigenvalue weighted by molar-refractivity contribution is -0.119. The second-order valence-corrected chi connectivity index (χ2v) is 25.2. The summed E-state index contributed by atoms with van der Waals surface area (Å²) >= 11 is 0. The van der Waals surface area contributed by atoms with Crippen LogP contribution in [0.4, 0.5) is 5.69 Å². The number of aliphatic hydroxyl groups is 10. The Morgan fingerprint density at radius 1 is 0.528 bits per heavy atom. The second-order valence-electron chi connectivity index (χ2n) is 25.2. The first-order valence-electron chi connectivity index (χ1n) is 38.9. The van der Waals surface area contributed by atoms with Crippen molar-refractivity contribution in [3.05, 3.63) is 102 Å². The van der Waals surface area contributed by atoms with Crippen molar-refractivity contribution in [3.8, 4) is 0 Å². The maximum absolute atomic E-state index is 11.6. The van der Waals surface area contributed by atoms with Crippen LogP contribution in [0.3, 0.4) is 0 Å². The van der Waals surface area contributed by atoms with Crippen molar-refractivity contribution >= 4 is 29.2 Å². The number of carbonyl (C=O) groups is 3. The zero-order valence-corrected chi connectivity index (χ0v) is 69.5. The fourth-order valence-corrected chi connectivity index (χ4v) is 7.90. The lowest BCUT2D eigenvalue weighted by atomic mass is 9.99. The number of nitrogens with one attached hydrogen (secondary N) is 3. The van der Waals surface area contributed by atoms with Crippen molar-refractivity contribution in [2.24, 2.45) is 45.1 Å². The number of likely N-dealkylation sites (N-methyl/N-ethyl adjacent to an activating group) is 2. The Labute approximate surface area is 653 Å². The monoisotopic (exact) mass is 1550 g/mol. The van der Waals surface area contributed by atoms with E-state index < -0.39 is 49.8 Å². The topological polar surface area (TPSA) is 529 Å². The van der Waals surface area contributed by atoms with Gasteiger partial charge < -0.3 is 132 Å². The molecule has 0 aliphatic heterocycles. The summed E-state index contributed by atoms with van der Waals surface area (Å²) in [5, 5.41) is 96.1. The molecule has 0 saturated carbocycles. The molecule has 3 rings (SSSR count). The summed E-state index contributed by atoms with van der Waals surface area (Å²) in [6.07, 6.45) is 7.18. The van der Waals surface area contributed by atoms with Gasteiger partial charge in [0.25, 0.3) is 0 Å². The molecule has 0 aliphatic rings. The number of unbranched alkanes of at least 4 members (excludes halogenated alkanes) is 2. The minimum absolute atomic E-state index is 0.000278. The number of anilines is 1. The van der Waals surface area contributed by atoms with Gasteiger partial charge in [-0.05, 0) is 199 Å². The predicted molar refractivity (Wildman–Crippen MR) is 448 cm³/mol. The summed E-state index contributed by atoms with van der Waals surface area (Å²) in [5.74, 6) is -0.153. The van der Waals surface area contributed by atoms with Crippen molar-refractivity contribution < 1.29 is 70.2 Å². The number of nitrogen functional groups attached to an aromatic ring is 1. The Morgan fingerprint density at radius 2 is 0.991 bits per heavy atom. The number of nitrogens with two attached hydrogens (primary N) is 8. The van der Waals surface area contributed by atoms with Crippen LogP contribution in [-0.2, 0) is 27.3 Å². The van der Waals surface area contributed by atoms with Crippen molar-refractivity contribution in [3.63, 3.8) is 0 Å². The first-order chi connectivity index (χ1) is 51.4. The third kappa shape index (κ3) is 87.9. The smallest absolute Gasteiger partial charge is 0.338 e. The molecule has 0 saturated heterocycles. The standard InChI is InChI=1S/C17H21N.C13H20N2O2.C9H20O4.C7H16N4O.C7H16N2O.C7H17N.C4H11NO3.C4H11NO2.C4H11NO.C4H11N.C3H9N/c1-3-9-16(10-4-1)11-7-8-14-18-15-17-12-5-2-6-13-17;1-3-15(4-2)9-10-17-13(16)11-5-7-12(14)8-6-11;1-3-5-7(11)9(13)8(12)6(10)4-2;1-5(12)6(8)3-2-4-11-7(9)10;1-6(10)7(9)4-2-3-5-8;1-4-7-8(5-2)6-3;5-4(1-6,2-7)3-8;6-3-1-5-2-4-7;1-5(2)3-4-6;1-3-5-4-2;1-2-3-4/h1-6,9-10,12-13,18H,7-8,11,14-15H2;5-8H,3-4,9-10,14H2,1-2H3;6-13H,3-5H2,1-2H3;6H,2-4,8H2,1H3,(H4,9,10,11);7H,2-5,8-9H2,1H3;4-7H2,1-3H3;6-8H,1-3,5H2;5-7H,1-4H2;6H,3-4H2,1-2H3;5H,3-4H2,1-2H3;2-4H2,1H3/t;;6-,7+,8-,9-;6-;7-;;;;;;/m..100....../s1. The third-order valence-corrected chi connectivity index (χ3v) is 15.2. The highest BCUT2D eigenvalue weighted by molar-refractivity contribution is 5.89. The molecule has 29 heteroatoms. The summed E-state index contributed by atoms with van der Waals surface area (Å²) in [5.41, 5.74) is 44.9. The number of ether oxygens (including phenoxy) is 1. The van der Waals surface area contributed by atoms with Gasteiger partial charge in [-0.1, -0.05) is 143 Å². The van der Waals surface area contributed by atoms with E-state index in [9.17, 15) is 34.8 Å². The van der Waals surface area contributed by atoms with Crippen LogP contribution in [0.25, 0.3) is 0 Å². The summed E-state index contributed by atoms with van der Waals surface area (Å²) in [6.45, 7) is 38.0. The Hall–Kier alpha value is -5.30. The van der Waals surface area contributed by atoms with Gasteiger partial charge in [-0.2, -0.15) is 0 Å². The zero-order valence-electron chi connectivity index (χ0n) is 69.5. The number of aliphatic hydroxyl groups excluding tert-OH is 10. The van der Waals surface area contributed by atoms with E-state index in [4.69, 9.17) is 81.2 Å². The number of Topliss-reactive ketones (excluding diaryl/α,β-unsaturated/α-hetero) is 2. The number of guanidine groups is 1. The molecule has 3 aromatic carbocycles. The number of rotatable bonds is 45. The molecule has 0 amide bonds. The maximum Gasteiger partial charge on any atom is 0.338 e. The van der Waals surface area contributed by atoms with Gasteiger partial charge in [-0.25, -0.2) is 4.79 Å². The number of benzene rings is 3. The van der Waals surface area contributed by atoms with Gasteiger partial charge in [0.2, 0.25) is 0 Å². The largest absolute Gasteiger partial charge is 0.461 e. The third-order valence-electron chi connectivity index (χ3n) is 15.2. The van der Waals surface area contributed by atoms with E-state index >= 15 is 0 Å². The molecule has 0 radical (unpaired) electrons. The summed E-state index contributed by atoms with van der Waals surface area (Å²) in [6, 6.07) is 27.4. The highest BCUT2D eigenvalue weighted by atomic mass is 16.5. The number of aryl methyl sites for hydroxylation is 1. The van der Waals surface area contributed by atoms with Crippen LogP contribution >= 0.6 is 0 Å². The molecule has 29 nitrogen and oxygen atoms in total. The summed E-state index contributed by atoms with van der Waals surface area (Å²) in [7, 11) is 3.85. The molecule has 0 bridgehead atoms. The van der Waals surface area contributed by atoms with Crippen molar-refractivity contribution in [2.75, 3.05) is 164 Å². The molecule has 29 N–H and O–H groups in total. The van der Waals surface area contributed by atoms with Gasteiger partial charge in [0.1, 0.15) is 30.4 Å². The number of aliphatic imine (C=N–C) groups is 1. The van der Waals surface area contributed by atoms with E-state index in [1.807, 2.05) is 25.9 Å². The van der Waals surface area contributed by atoms with Gasteiger partial charge in [-0.3, -0.25) is 14.6 Å². The van der Waals surface area contributed by atoms with Crippen LogP contribution < -0.4 is 61.8 Å². The van der Waals surface area contributed by atoms with E-state index in [0.717, 1.165) is 97.4 Å². The van der Waals surface area contributed by atoms with Crippen LogP contribution in [0.5, 0.6) is 0 Å². The summed E-state index contributed by atoms with van der Waals surface area (Å²) < 4.78 is 5.18. The number of carbonyl (C=O) groups excluding carboxylic acids is 3. The van der Waals surface area contributed by atoms with Gasteiger partial charge >= 0.3 is 5.97 Å². The first-order valence-corrected chi connectivity index (χ1v) is 38.9. The number of hydrogen-bond donors (Lipinski definition) is 21. The van der Waals surface area contributed by atoms with Crippen LogP contribution in [0.15, 0.2) is 89.9 Å². The van der Waals surface area contributed by atoms with Crippen molar-refractivity contribution in [1.29, 1.82) is 0 Å². The van der Waals surface area contributed by atoms with Gasteiger partial charge in [0.05, 0.1) is 75.0 Å². The van der Waals surface area contributed by atoms with E-state index in [-0.39, 0.29) is 55.4 Å². The van der Waals surface area contributed by atoms with Crippen molar-refractivity contribution in [2.45, 2.75) is 215 Å². The lowest BCUT2D eigenvalue weighted by Gasteiger charge is -2.25.